The van der Waals surface area contributed by atoms with E-state index in [0.717, 1.165) is 50.3 Å². The van der Waals surface area contributed by atoms with E-state index in [9.17, 15) is 4.79 Å². The highest BCUT2D eigenvalue weighted by Crippen LogP contribution is 2.49. The maximum absolute atomic E-state index is 13.1. The van der Waals surface area contributed by atoms with Crippen LogP contribution in [0.1, 0.15) is 25.7 Å². The van der Waals surface area contributed by atoms with Crippen molar-refractivity contribution in [2.45, 2.75) is 32.2 Å². The van der Waals surface area contributed by atoms with E-state index in [4.69, 9.17) is 9.47 Å². The number of carbonyl (C=O) groups excluding carboxylic acids is 1. The summed E-state index contributed by atoms with van der Waals surface area (Å²) in [5.41, 5.74) is -0.231. The van der Waals surface area contributed by atoms with Gasteiger partial charge in [-0.25, -0.2) is 0 Å². The summed E-state index contributed by atoms with van der Waals surface area (Å²) in [7, 11) is 1.66. The van der Waals surface area contributed by atoms with Gasteiger partial charge in [0.1, 0.15) is 11.5 Å². The van der Waals surface area contributed by atoms with Crippen LogP contribution in [0.5, 0.6) is 11.5 Å². The Morgan fingerprint density at radius 1 is 1.26 bits per heavy atom. The molecule has 144 valence electrons. The molecule has 6 nitrogen and oxygen atoms in total. The van der Waals surface area contributed by atoms with Gasteiger partial charge in [-0.2, -0.15) is 5.10 Å². The third-order valence-corrected chi connectivity index (χ3v) is 5.68. The molecule has 2 fully saturated rings. The van der Waals surface area contributed by atoms with Crippen LogP contribution in [0.15, 0.2) is 42.7 Å². The number of amides is 1. The zero-order valence-electron chi connectivity index (χ0n) is 15.8. The Balaban J connectivity index is 1.31. The smallest absolute Gasteiger partial charge is 0.230 e. The van der Waals surface area contributed by atoms with Gasteiger partial charge in [0.15, 0.2) is 0 Å². The average Bonchev–Trinajstić information content (AvgIpc) is 3.31. The maximum Gasteiger partial charge on any atom is 0.230 e. The van der Waals surface area contributed by atoms with Crippen molar-refractivity contribution >= 4 is 5.91 Å². The van der Waals surface area contributed by atoms with E-state index >= 15 is 0 Å². The number of rotatable bonds is 7. The van der Waals surface area contributed by atoms with Gasteiger partial charge in [-0.3, -0.25) is 9.48 Å². The second-order valence-corrected chi connectivity index (χ2v) is 7.73. The standard InChI is InChI=1S/C21H27N3O3/c1-26-18-5-7-19(8-6-18)27-15-17-4-2-12-23(14-17)20(25)21(9-10-21)16-24-13-3-11-22-24/h3,5-8,11,13,17H,2,4,9-10,12,14-16H2,1H3. The van der Waals surface area contributed by atoms with Crippen LogP contribution in [-0.2, 0) is 11.3 Å². The normalized spacial score (nSPS) is 20.9. The number of carbonyl (C=O) groups is 1. The molecule has 0 bridgehead atoms. The van der Waals surface area contributed by atoms with Gasteiger partial charge < -0.3 is 14.4 Å². The predicted octanol–water partition coefficient (Wildman–Crippen LogP) is 2.99. The highest BCUT2D eigenvalue weighted by molar-refractivity contribution is 5.85. The number of aromatic nitrogens is 2. The molecular weight excluding hydrogens is 342 g/mol. The first-order chi connectivity index (χ1) is 13.2. The Labute approximate surface area is 160 Å². The summed E-state index contributed by atoms with van der Waals surface area (Å²) in [6.45, 7) is 2.99. The van der Waals surface area contributed by atoms with Crippen molar-refractivity contribution in [2.75, 3.05) is 26.8 Å². The fourth-order valence-corrected chi connectivity index (χ4v) is 3.90. The molecule has 1 unspecified atom stereocenters. The molecule has 6 heteroatoms. The van der Waals surface area contributed by atoms with Crippen molar-refractivity contribution in [3.63, 3.8) is 0 Å². The SMILES string of the molecule is COc1ccc(OCC2CCCN(C(=O)C3(Cn4cccn4)CC3)C2)cc1. The molecule has 1 aromatic heterocycles. The molecule has 1 atom stereocenters. The van der Waals surface area contributed by atoms with Crippen LogP contribution in [0.2, 0.25) is 0 Å². The lowest BCUT2D eigenvalue weighted by Crippen LogP contribution is -2.46. The first kappa shape index (κ1) is 17.9. The zero-order chi connectivity index (χ0) is 18.7. The van der Waals surface area contributed by atoms with Gasteiger partial charge in [0.05, 0.1) is 25.7 Å². The third kappa shape index (κ3) is 4.10. The number of piperidine rings is 1. The molecule has 1 aromatic carbocycles. The fraction of sp³-hybridized carbons (Fsp3) is 0.524. The maximum atomic E-state index is 13.1. The number of nitrogens with zero attached hydrogens (tertiary/aromatic N) is 3. The van der Waals surface area contributed by atoms with Crippen molar-refractivity contribution in [1.29, 1.82) is 0 Å². The molecule has 1 amide bonds. The van der Waals surface area contributed by atoms with Gasteiger partial charge in [-0.05, 0) is 56.0 Å². The summed E-state index contributed by atoms with van der Waals surface area (Å²) < 4.78 is 13.0. The summed E-state index contributed by atoms with van der Waals surface area (Å²) in [4.78, 5) is 15.2. The predicted molar refractivity (Wildman–Crippen MR) is 102 cm³/mol. The second-order valence-electron chi connectivity index (χ2n) is 7.73. The molecule has 0 N–H and O–H groups in total. The topological polar surface area (TPSA) is 56.6 Å². The lowest BCUT2D eigenvalue weighted by atomic mass is 9.96. The molecule has 4 rings (SSSR count). The molecule has 2 aliphatic rings. The third-order valence-electron chi connectivity index (χ3n) is 5.68. The molecular formula is C21H27N3O3. The van der Waals surface area contributed by atoms with Gasteiger partial charge in [0.2, 0.25) is 5.91 Å². The first-order valence-electron chi connectivity index (χ1n) is 9.72. The van der Waals surface area contributed by atoms with E-state index in [1.807, 2.05) is 41.2 Å². The van der Waals surface area contributed by atoms with E-state index in [-0.39, 0.29) is 5.41 Å². The van der Waals surface area contributed by atoms with Crippen molar-refractivity contribution in [1.82, 2.24) is 14.7 Å². The Morgan fingerprint density at radius 2 is 2.04 bits per heavy atom. The molecule has 0 radical (unpaired) electrons. The average molecular weight is 369 g/mol. The Hall–Kier alpha value is -2.50. The minimum Gasteiger partial charge on any atom is -0.497 e. The minimum atomic E-state index is -0.231. The van der Waals surface area contributed by atoms with E-state index in [0.29, 0.717) is 25.0 Å². The van der Waals surface area contributed by atoms with Crippen molar-refractivity contribution < 1.29 is 14.3 Å². The molecule has 1 saturated carbocycles. The Kier molecular flexibility index (Phi) is 5.05. The zero-order valence-corrected chi connectivity index (χ0v) is 15.8. The lowest BCUT2D eigenvalue weighted by Gasteiger charge is -2.35. The molecule has 1 saturated heterocycles. The molecule has 1 aliphatic heterocycles. The number of benzene rings is 1. The highest BCUT2D eigenvalue weighted by atomic mass is 16.5. The number of ether oxygens (including phenoxy) is 2. The van der Waals surface area contributed by atoms with Crippen molar-refractivity contribution in [3.05, 3.63) is 42.7 Å². The second kappa shape index (κ2) is 7.62. The number of hydrogen-bond acceptors (Lipinski definition) is 4. The quantitative estimate of drug-likeness (QED) is 0.753. The highest BCUT2D eigenvalue weighted by Gasteiger charge is 2.52. The summed E-state index contributed by atoms with van der Waals surface area (Å²) >= 11 is 0. The van der Waals surface area contributed by atoms with Crippen LogP contribution in [0.25, 0.3) is 0 Å². The van der Waals surface area contributed by atoms with Crippen LogP contribution in [0, 0.1) is 11.3 Å². The number of methoxy groups -OCH3 is 1. The largest absolute Gasteiger partial charge is 0.497 e. The number of hydrogen-bond donors (Lipinski definition) is 0. The lowest BCUT2D eigenvalue weighted by molar-refractivity contribution is -0.139. The van der Waals surface area contributed by atoms with Gasteiger partial charge in [-0.1, -0.05) is 0 Å². The monoisotopic (exact) mass is 369 g/mol. The molecule has 2 heterocycles. The van der Waals surface area contributed by atoms with Gasteiger partial charge in [-0.15, -0.1) is 0 Å². The van der Waals surface area contributed by atoms with Gasteiger partial charge in [0, 0.05) is 31.4 Å². The van der Waals surface area contributed by atoms with Crippen molar-refractivity contribution in [2.24, 2.45) is 11.3 Å². The molecule has 27 heavy (non-hydrogen) atoms. The Morgan fingerprint density at radius 3 is 2.70 bits per heavy atom. The molecule has 1 aliphatic carbocycles. The summed E-state index contributed by atoms with van der Waals surface area (Å²) in [6.07, 6.45) is 7.79. The fourth-order valence-electron chi connectivity index (χ4n) is 3.90. The first-order valence-corrected chi connectivity index (χ1v) is 9.72. The van der Waals surface area contributed by atoms with Crippen LogP contribution in [0.4, 0.5) is 0 Å². The Bertz CT molecular complexity index is 753. The van der Waals surface area contributed by atoms with E-state index in [1.165, 1.54) is 0 Å². The minimum absolute atomic E-state index is 0.231. The summed E-state index contributed by atoms with van der Waals surface area (Å²) in [5.74, 6) is 2.35. The molecule has 2 aromatic rings. The summed E-state index contributed by atoms with van der Waals surface area (Å²) in [6, 6.07) is 9.56. The van der Waals surface area contributed by atoms with Crippen LogP contribution in [-0.4, -0.2) is 47.4 Å². The van der Waals surface area contributed by atoms with Crippen LogP contribution in [0.3, 0.4) is 0 Å². The van der Waals surface area contributed by atoms with E-state index in [1.54, 1.807) is 13.3 Å². The van der Waals surface area contributed by atoms with E-state index < -0.39 is 0 Å². The van der Waals surface area contributed by atoms with Gasteiger partial charge >= 0.3 is 0 Å². The van der Waals surface area contributed by atoms with Crippen molar-refractivity contribution in [3.8, 4) is 11.5 Å². The summed E-state index contributed by atoms with van der Waals surface area (Å²) in [5, 5.41) is 4.28. The van der Waals surface area contributed by atoms with Crippen LogP contribution >= 0.6 is 0 Å². The van der Waals surface area contributed by atoms with E-state index in [2.05, 4.69) is 10.00 Å². The number of likely N-dealkylation sites (tertiary alicyclic amines) is 1. The molecule has 0 spiro atoms. The van der Waals surface area contributed by atoms with Crippen LogP contribution < -0.4 is 9.47 Å². The van der Waals surface area contributed by atoms with Gasteiger partial charge in [0.25, 0.3) is 0 Å².